The van der Waals surface area contributed by atoms with Gasteiger partial charge in [-0.2, -0.15) is 4.37 Å². The predicted octanol–water partition coefficient (Wildman–Crippen LogP) is 1.24. The van der Waals surface area contributed by atoms with Crippen LogP contribution in [0.25, 0.3) is 10.7 Å². The first-order valence-electron chi connectivity index (χ1n) is 3.15. The fourth-order valence-corrected chi connectivity index (χ4v) is 1.42. The molecule has 2 aromatic rings. The molecule has 0 amide bonds. The summed E-state index contributed by atoms with van der Waals surface area (Å²) in [4.78, 5) is 11.0. The van der Waals surface area contributed by atoms with E-state index in [4.69, 9.17) is 0 Å². The van der Waals surface area contributed by atoms with Crippen molar-refractivity contribution in [3.05, 3.63) is 18.3 Å². The molecule has 0 aliphatic carbocycles. The van der Waals surface area contributed by atoms with Gasteiger partial charge in [-0.1, -0.05) is 0 Å². The second kappa shape index (κ2) is 2.43. The standard InChI is InChI=1S/C6H6N4S/c1-4-9-6(11-10-4)5-2-7-3-8-5/h2-3H,1H3,(H,7,8). The lowest BCUT2D eigenvalue weighted by Gasteiger charge is -1.83. The number of nitrogens with zero attached hydrogens (tertiary/aromatic N) is 3. The van der Waals surface area contributed by atoms with Crippen molar-refractivity contribution in [2.75, 3.05) is 0 Å². The van der Waals surface area contributed by atoms with Crippen LogP contribution in [0.1, 0.15) is 5.82 Å². The van der Waals surface area contributed by atoms with Crippen LogP contribution >= 0.6 is 11.5 Å². The second-order valence-electron chi connectivity index (χ2n) is 2.11. The van der Waals surface area contributed by atoms with Gasteiger partial charge in [0.2, 0.25) is 0 Å². The number of hydrogen-bond acceptors (Lipinski definition) is 4. The molecule has 5 heteroatoms. The average molecular weight is 166 g/mol. The zero-order valence-electron chi connectivity index (χ0n) is 5.90. The maximum absolute atomic E-state index is 4.19. The second-order valence-corrected chi connectivity index (χ2v) is 2.86. The molecule has 4 nitrogen and oxygen atoms in total. The zero-order valence-corrected chi connectivity index (χ0v) is 6.72. The molecule has 0 aliphatic rings. The molecule has 0 radical (unpaired) electrons. The SMILES string of the molecule is Cc1nsc(-c2cnc[nH]2)n1. The van der Waals surface area contributed by atoms with Crippen LogP contribution in [0, 0.1) is 6.92 Å². The fraction of sp³-hybridized carbons (Fsp3) is 0.167. The van der Waals surface area contributed by atoms with Gasteiger partial charge in [0.15, 0.2) is 5.01 Å². The van der Waals surface area contributed by atoms with Crippen molar-refractivity contribution >= 4 is 11.5 Å². The highest BCUT2D eigenvalue weighted by Crippen LogP contribution is 2.17. The minimum absolute atomic E-state index is 0.805. The van der Waals surface area contributed by atoms with Crippen LogP contribution in [0.4, 0.5) is 0 Å². The smallest absolute Gasteiger partial charge is 0.161 e. The van der Waals surface area contributed by atoms with Crippen molar-refractivity contribution in [2.24, 2.45) is 0 Å². The Morgan fingerprint density at radius 2 is 2.45 bits per heavy atom. The molecule has 1 N–H and O–H groups in total. The Morgan fingerprint density at radius 1 is 1.55 bits per heavy atom. The van der Waals surface area contributed by atoms with Gasteiger partial charge >= 0.3 is 0 Å². The first kappa shape index (κ1) is 6.48. The van der Waals surface area contributed by atoms with Gasteiger partial charge in [0.05, 0.1) is 18.2 Å². The number of aromatic nitrogens is 4. The maximum Gasteiger partial charge on any atom is 0.161 e. The zero-order chi connectivity index (χ0) is 7.68. The molecule has 0 aliphatic heterocycles. The van der Waals surface area contributed by atoms with E-state index in [2.05, 4.69) is 19.3 Å². The van der Waals surface area contributed by atoms with Crippen molar-refractivity contribution in [1.29, 1.82) is 0 Å². The van der Waals surface area contributed by atoms with Crippen molar-refractivity contribution in [1.82, 2.24) is 19.3 Å². The lowest BCUT2D eigenvalue weighted by molar-refractivity contribution is 1.16. The summed E-state index contributed by atoms with van der Waals surface area (Å²) < 4.78 is 4.06. The topological polar surface area (TPSA) is 54.5 Å². The van der Waals surface area contributed by atoms with Crippen LogP contribution in [0.3, 0.4) is 0 Å². The third-order valence-electron chi connectivity index (χ3n) is 1.26. The highest BCUT2D eigenvalue weighted by molar-refractivity contribution is 7.09. The summed E-state index contributed by atoms with van der Waals surface area (Å²) in [7, 11) is 0. The van der Waals surface area contributed by atoms with Crippen molar-refractivity contribution < 1.29 is 0 Å². The molecule has 56 valence electrons. The van der Waals surface area contributed by atoms with Gasteiger partial charge in [0.25, 0.3) is 0 Å². The quantitative estimate of drug-likeness (QED) is 0.693. The van der Waals surface area contributed by atoms with Crippen LogP contribution in [-0.4, -0.2) is 19.3 Å². The molecule has 0 spiro atoms. The van der Waals surface area contributed by atoms with Crippen LogP contribution in [0.15, 0.2) is 12.5 Å². The summed E-state index contributed by atoms with van der Waals surface area (Å²) in [6.45, 7) is 1.87. The Labute approximate surface area is 67.5 Å². The van der Waals surface area contributed by atoms with E-state index >= 15 is 0 Å². The normalized spacial score (nSPS) is 10.3. The van der Waals surface area contributed by atoms with Crippen molar-refractivity contribution in [2.45, 2.75) is 6.92 Å². The Morgan fingerprint density at radius 3 is 3.00 bits per heavy atom. The van der Waals surface area contributed by atoms with E-state index in [9.17, 15) is 0 Å². The lowest BCUT2D eigenvalue weighted by atomic mass is 10.5. The highest BCUT2D eigenvalue weighted by Gasteiger charge is 2.03. The molecule has 11 heavy (non-hydrogen) atoms. The Kier molecular flexibility index (Phi) is 1.43. The molecule has 2 aromatic heterocycles. The van der Waals surface area contributed by atoms with Gasteiger partial charge in [0.1, 0.15) is 5.82 Å². The summed E-state index contributed by atoms with van der Waals surface area (Å²) >= 11 is 1.37. The number of rotatable bonds is 1. The number of aryl methyl sites for hydroxylation is 1. The number of H-pyrrole nitrogens is 1. The molecule has 0 saturated carbocycles. The monoisotopic (exact) mass is 166 g/mol. The van der Waals surface area contributed by atoms with Gasteiger partial charge in [-0.3, -0.25) is 0 Å². The predicted molar refractivity (Wildman–Crippen MR) is 42.2 cm³/mol. The highest BCUT2D eigenvalue weighted by atomic mass is 32.1. The molecule has 0 bridgehead atoms. The minimum Gasteiger partial charge on any atom is -0.343 e. The van der Waals surface area contributed by atoms with Crippen molar-refractivity contribution in [3.63, 3.8) is 0 Å². The molecule has 2 heterocycles. The van der Waals surface area contributed by atoms with E-state index in [1.54, 1.807) is 12.5 Å². The summed E-state index contributed by atoms with van der Waals surface area (Å²) in [5.74, 6) is 0.805. The molecule has 0 atom stereocenters. The van der Waals surface area contributed by atoms with Crippen LogP contribution in [0.5, 0.6) is 0 Å². The van der Waals surface area contributed by atoms with E-state index in [1.807, 2.05) is 6.92 Å². The molecule has 2 rings (SSSR count). The fourth-order valence-electron chi connectivity index (χ4n) is 0.779. The Balaban J connectivity index is 2.45. The molecule has 0 fully saturated rings. The van der Waals surface area contributed by atoms with Crippen LogP contribution in [-0.2, 0) is 0 Å². The molecular formula is C6H6N4S. The van der Waals surface area contributed by atoms with Crippen LogP contribution in [0.2, 0.25) is 0 Å². The number of aromatic amines is 1. The van der Waals surface area contributed by atoms with E-state index in [0.29, 0.717) is 0 Å². The summed E-state index contributed by atoms with van der Waals surface area (Å²) in [5, 5.41) is 0.889. The van der Waals surface area contributed by atoms with Crippen LogP contribution < -0.4 is 0 Å². The number of hydrogen-bond donors (Lipinski definition) is 1. The van der Waals surface area contributed by atoms with Gasteiger partial charge in [-0.15, -0.1) is 0 Å². The van der Waals surface area contributed by atoms with Gasteiger partial charge in [0, 0.05) is 0 Å². The summed E-state index contributed by atoms with van der Waals surface area (Å²) in [6, 6.07) is 0. The third-order valence-corrected chi connectivity index (χ3v) is 2.10. The van der Waals surface area contributed by atoms with E-state index in [0.717, 1.165) is 16.5 Å². The Hall–Kier alpha value is -1.23. The molecule has 0 saturated heterocycles. The first-order valence-corrected chi connectivity index (χ1v) is 3.92. The lowest BCUT2D eigenvalue weighted by Crippen LogP contribution is -1.75. The average Bonchev–Trinajstić information content (AvgIpc) is 2.55. The first-order chi connectivity index (χ1) is 5.36. The molecule has 0 unspecified atom stereocenters. The summed E-state index contributed by atoms with van der Waals surface area (Å²) in [6.07, 6.45) is 3.37. The van der Waals surface area contributed by atoms with Gasteiger partial charge < -0.3 is 4.98 Å². The maximum atomic E-state index is 4.19. The molecule has 0 aromatic carbocycles. The van der Waals surface area contributed by atoms with Crippen molar-refractivity contribution in [3.8, 4) is 10.7 Å². The molecular weight excluding hydrogens is 160 g/mol. The van der Waals surface area contributed by atoms with E-state index in [-0.39, 0.29) is 0 Å². The van der Waals surface area contributed by atoms with Gasteiger partial charge in [-0.05, 0) is 18.5 Å². The largest absolute Gasteiger partial charge is 0.343 e. The van der Waals surface area contributed by atoms with E-state index in [1.165, 1.54) is 11.5 Å². The Bertz CT molecular complexity index is 337. The third kappa shape index (κ3) is 1.14. The van der Waals surface area contributed by atoms with Gasteiger partial charge in [-0.25, -0.2) is 9.97 Å². The number of nitrogens with one attached hydrogen (secondary N) is 1. The van der Waals surface area contributed by atoms with E-state index < -0.39 is 0 Å². The minimum atomic E-state index is 0.805. The number of imidazole rings is 1. The summed E-state index contributed by atoms with van der Waals surface area (Å²) in [5.41, 5.74) is 0.926.